The molecule has 3 N–H and O–H groups in total. The first-order chi connectivity index (χ1) is 13.4. The van der Waals surface area contributed by atoms with Crippen molar-refractivity contribution in [1.82, 2.24) is 0 Å². The van der Waals surface area contributed by atoms with Gasteiger partial charge >= 0.3 is 0 Å². The van der Waals surface area contributed by atoms with E-state index in [0.29, 0.717) is 17.0 Å². The van der Waals surface area contributed by atoms with Crippen molar-refractivity contribution in [3.63, 3.8) is 0 Å². The molecule has 0 spiro atoms. The highest BCUT2D eigenvalue weighted by atomic mass is 16.5. The number of nitrogens with two attached hydrogens (primary N) is 1. The number of carbonyl (C=O) groups is 2. The lowest BCUT2D eigenvalue weighted by molar-refractivity contribution is -0.122. The number of benzene rings is 2. The molecule has 0 radical (unpaired) electrons. The standard InChI is InChI=1S/C22H27N3O3/c1-15-6-9-18(10-7-15)28-16(2)22(27)24-20-11-8-17(14-19(20)21(23)26)25-12-4-3-5-13-25/h6-11,14,16H,3-5,12-13H2,1-2H3,(H2,23,26)(H,24,27). The Balaban J connectivity index is 1.71. The Hall–Kier alpha value is -3.02. The predicted octanol–water partition coefficient (Wildman–Crippen LogP) is 3.49. The number of piperidine rings is 1. The van der Waals surface area contributed by atoms with Crippen molar-refractivity contribution >= 4 is 23.2 Å². The summed E-state index contributed by atoms with van der Waals surface area (Å²) < 4.78 is 5.69. The molecule has 2 amide bonds. The van der Waals surface area contributed by atoms with E-state index in [0.717, 1.165) is 37.2 Å². The highest BCUT2D eigenvalue weighted by Crippen LogP contribution is 2.26. The van der Waals surface area contributed by atoms with Gasteiger partial charge in [-0.05, 0) is 63.4 Å². The van der Waals surface area contributed by atoms with Gasteiger partial charge in [-0.25, -0.2) is 0 Å². The van der Waals surface area contributed by atoms with E-state index in [1.165, 1.54) is 6.42 Å². The number of ether oxygens (including phenoxy) is 1. The molecule has 2 aromatic rings. The third-order valence-corrected chi connectivity index (χ3v) is 4.95. The lowest BCUT2D eigenvalue weighted by Gasteiger charge is -2.29. The van der Waals surface area contributed by atoms with Gasteiger partial charge in [0.25, 0.3) is 11.8 Å². The fourth-order valence-corrected chi connectivity index (χ4v) is 3.30. The van der Waals surface area contributed by atoms with Crippen LogP contribution >= 0.6 is 0 Å². The van der Waals surface area contributed by atoms with Crippen molar-refractivity contribution < 1.29 is 14.3 Å². The molecule has 0 aromatic heterocycles. The number of nitrogens with zero attached hydrogens (tertiary/aromatic N) is 1. The Morgan fingerprint density at radius 1 is 1.07 bits per heavy atom. The lowest BCUT2D eigenvalue weighted by Crippen LogP contribution is -2.32. The van der Waals surface area contributed by atoms with Crippen LogP contribution in [-0.2, 0) is 4.79 Å². The second-order valence-electron chi connectivity index (χ2n) is 7.20. The average Bonchev–Trinajstić information content (AvgIpc) is 2.70. The molecule has 3 rings (SSSR count). The van der Waals surface area contributed by atoms with Crippen LogP contribution in [0.15, 0.2) is 42.5 Å². The summed E-state index contributed by atoms with van der Waals surface area (Å²) in [5.74, 6) is -0.293. The van der Waals surface area contributed by atoms with E-state index in [1.54, 1.807) is 19.1 Å². The normalized spacial score (nSPS) is 15.0. The van der Waals surface area contributed by atoms with Gasteiger partial charge in [0, 0.05) is 18.8 Å². The number of primary amides is 1. The van der Waals surface area contributed by atoms with E-state index in [9.17, 15) is 9.59 Å². The molecule has 1 heterocycles. The highest BCUT2D eigenvalue weighted by molar-refractivity contribution is 6.04. The zero-order valence-corrected chi connectivity index (χ0v) is 16.4. The second-order valence-corrected chi connectivity index (χ2v) is 7.20. The van der Waals surface area contributed by atoms with E-state index in [-0.39, 0.29) is 5.91 Å². The van der Waals surface area contributed by atoms with E-state index in [1.807, 2.05) is 37.3 Å². The molecule has 0 saturated carbocycles. The number of carbonyl (C=O) groups excluding carboxylic acids is 2. The summed E-state index contributed by atoms with van der Waals surface area (Å²) in [6, 6.07) is 12.9. The SMILES string of the molecule is Cc1ccc(OC(C)C(=O)Nc2ccc(N3CCCCC3)cc2C(N)=O)cc1. The summed E-state index contributed by atoms with van der Waals surface area (Å²) in [7, 11) is 0. The van der Waals surface area contributed by atoms with Crippen molar-refractivity contribution in [3.8, 4) is 5.75 Å². The molecule has 148 valence electrons. The molecule has 1 unspecified atom stereocenters. The van der Waals surface area contributed by atoms with Gasteiger partial charge in [0.1, 0.15) is 5.75 Å². The van der Waals surface area contributed by atoms with Crippen LogP contribution in [0.2, 0.25) is 0 Å². The number of aryl methyl sites for hydroxylation is 1. The maximum Gasteiger partial charge on any atom is 0.265 e. The highest BCUT2D eigenvalue weighted by Gasteiger charge is 2.20. The summed E-state index contributed by atoms with van der Waals surface area (Å²) in [6.07, 6.45) is 2.79. The maximum atomic E-state index is 12.5. The minimum Gasteiger partial charge on any atom is -0.481 e. The summed E-state index contributed by atoms with van der Waals surface area (Å²) in [4.78, 5) is 26.7. The average molecular weight is 381 g/mol. The van der Waals surface area contributed by atoms with Crippen molar-refractivity contribution in [2.45, 2.75) is 39.2 Å². The summed E-state index contributed by atoms with van der Waals surface area (Å²) in [6.45, 7) is 5.58. The first-order valence-electron chi connectivity index (χ1n) is 9.67. The number of hydrogen-bond acceptors (Lipinski definition) is 4. The Bertz CT molecular complexity index is 843. The van der Waals surface area contributed by atoms with E-state index >= 15 is 0 Å². The smallest absolute Gasteiger partial charge is 0.265 e. The monoisotopic (exact) mass is 381 g/mol. The Labute approximate surface area is 165 Å². The first-order valence-corrected chi connectivity index (χ1v) is 9.67. The van der Waals surface area contributed by atoms with Gasteiger partial charge in [-0.2, -0.15) is 0 Å². The number of anilines is 2. The third kappa shape index (κ3) is 4.82. The van der Waals surface area contributed by atoms with Gasteiger partial charge in [0.05, 0.1) is 11.3 Å². The number of hydrogen-bond donors (Lipinski definition) is 2. The van der Waals surface area contributed by atoms with Crippen LogP contribution in [0, 0.1) is 6.92 Å². The summed E-state index contributed by atoms with van der Waals surface area (Å²) in [5.41, 5.74) is 8.34. The minimum atomic E-state index is -0.717. The topological polar surface area (TPSA) is 84.7 Å². The molecule has 1 aliphatic heterocycles. The lowest BCUT2D eigenvalue weighted by atomic mass is 10.1. The summed E-state index contributed by atoms with van der Waals surface area (Å²) in [5, 5.41) is 2.77. The fourth-order valence-electron chi connectivity index (χ4n) is 3.30. The first kappa shape index (κ1) is 19.7. The van der Waals surface area contributed by atoms with Gasteiger partial charge in [-0.15, -0.1) is 0 Å². The number of amides is 2. The Kier molecular flexibility index (Phi) is 6.19. The molecule has 2 aromatic carbocycles. The maximum absolute atomic E-state index is 12.5. The molecule has 1 fully saturated rings. The zero-order chi connectivity index (χ0) is 20.1. The predicted molar refractivity (Wildman–Crippen MR) is 111 cm³/mol. The van der Waals surface area contributed by atoms with Crippen molar-refractivity contribution in [2.24, 2.45) is 5.73 Å². The largest absolute Gasteiger partial charge is 0.481 e. The minimum absolute atomic E-state index is 0.305. The molecule has 6 heteroatoms. The van der Waals surface area contributed by atoms with Crippen LogP contribution in [-0.4, -0.2) is 31.0 Å². The Morgan fingerprint density at radius 2 is 1.75 bits per heavy atom. The molecular weight excluding hydrogens is 354 g/mol. The van der Waals surface area contributed by atoms with Gasteiger partial charge in [-0.3, -0.25) is 9.59 Å². The molecule has 1 saturated heterocycles. The zero-order valence-electron chi connectivity index (χ0n) is 16.4. The molecule has 28 heavy (non-hydrogen) atoms. The van der Waals surface area contributed by atoms with Crippen LogP contribution in [0.4, 0.5) is 11.4 Å². The van der Waals surface area contributed by atoms with E-state index < -0.39 is 12.0 Å². The number of nitrogens with one attached hydrogen (secondary N) is 1. The van der Waals surface area contributed by atoms with Gasteiger partial charge in [-0.1, -0.05) is 17.7 Å². The van der Waals surface area contributed by atoms with Crippen LogP contribution in [0.3, 0.4) is 0 Å². The quantitative estimate of drug-likeness (QED) is 0.802. The van der Waals surface area contributed by atoms with Gasteiger partial charge < -0.3 is 20.7 Å². The molecule has 6 nitrogen and oxygen atoms in total. The van der Waals surface area contributed by atoms with Gasteiger partial charge in [0.2, 0.25) is 0 Å². The molecule has 0 bridgehead atoms. The van der Waals surface area contributed by atoms with Crippen LogP contribution < -0.4 is 20.7 Å². The molecular formula is C22H27N3O3. The second kappa shape index (κ2) is 8.78. The molecule has 0 aliphatic carbocycles. The molecule has 1 atom stereocenters. The van der Waals surface area contributed by atoms with Crippen LogP contribution in [0.25, 0.3) is 0 Å². The number of rotatable bonds is 6. The van der Waals surface area contributed by atoms with Crippen molar-refractivity contribution in [2.75, 3.05) is 23.3 Å². The third-order valence-electron chi connectivity index (χ3n) is 4.95. The van der Waals surface area contributed by atoms with Crippen LogP contribution in [0.5, 0.6) is 5.75 Å². The van der Waals surface area contributed by atoms with Crippen molar-refractivity contribution in [1.29, 1.82) is 0 Å². The van der Waals surface area contributed by atoms with Crippen LogP contribution in [0.1, 0.15) is 42.1 Å². The van der Waals surface area contributed by atoms with Gasteiger partial charge in [0.15, 0.2) is 6.10 Å². The Morgan fingerprint density at radius 3 is 2.39 bits per heavy atom. The summed E-state index contributed by atoms with van der Waals surface area (Å²) >= 11 is 0. The molecule has 1 aliphatic rings. The van der Waals surface area contributed by atoms with Crippen molar-refractivity contribution in [3.05, 3.63) is 53.6 Å². The van der Waals surface area contributed by atoms with E-state index in [4.69, 9.17) is 10.5 Å². The fraction of sp³-hybridized carbons (Fsp3) is 0.364. The van der Waals surface area contributed by atoms with E-state index in [2.05, 4.69) is 10.2 Å².